The van der Waals surface area contributed by atoms with Gasteiger partial charge in [0.15, 0.2) is 0 Å². The van der Waals surface area contributed by atoms with Gasteiger partial charge in [0.25, 0.3) is 10.0 Å². The van der Waals surface area contributed by atoms with Crippen LogP contribution < -0.4 is 9.62 Å². The Morgan fingerprint density at radius 2 is 1.43 bits per heavy atom. The van der Waals surface area contributed by atoms with Gasteiger partial charge in [0.1, 0.15) is 12.6 Å². The number of sulfonamides is 1. The predicted octanol–water partition coefficient (Wildman–Crippen LogP) is 7.04. The van der Waals surface area contributed by atoms with E-state index in [0.29, 0.717) is 12.1 Å². The lowest BCUT2D eigenvalue weighted by atomic mass is 9.94. The van der Waals surface area contributed by atoms with E-state index in [-0.39, 0.29) is 23.4 Å². The number of carbonyl (C=O) groups is 2. The molecule has 0 unspecified atom stereocenters. The lowest BCUT2D eigenvalue weighted by Gasteiger charge is -2.35. The predicted molar refractivity (Wildman–Crippen MR) is 186 cm³/mol. The minimum absolute atomic E-state index is 0.0488. The van der Waals surface area contributed by atoms with Crippen molar-refractivity contribution in [3.05, 3.63) is 130 Å². The van der Waals surface area contributed by atoms with Gasteiger partial charge in [0, 0.05) is 23.5 Å². The zero-order chi connectivity index (χ0) is 32.5. The summed E-state index contributed by atoms with van der Waals surface area (Å²) in [5.41, 5.74) is 3.13. The maximum absolute atomic E-state index is 14.6. The normalized spacial score (nSPS) is 14.3. The van der Waals surface area contributed by atoms with Crippen LogP contribution in [0, 0.1) is 6.92 Å². The zero-order valence-corrected chi connectivity index (χ0v) is 28.4. The number of hydrogen-bond acceptors (Lipinski definition) is 4. The van der Waals surface area contributed by atoms with Gasteiger partial charge in [-0.1, -0.05) is 108 Å². The highest BCUT2D eigenvalue weighted by Crippen LogP contribution is 2.27. The first-order valence-electron chi connectivity index (χ1n) is 15.7. The van der Waals surface area contributed by atoms with E-state index in [9.17, 15) is 18.0 Å². The van der Waals surface area contributed by atoms with E-state index in [1.54, 1.807) is 47.4 Å². The first kappa shape index (κ1) is 33.4. The van der Waals surface area contributed by atoms with Crippen LogP contribution in [0.25, 0.3) is 0 Å². The molecule has 2 amide bonds. The Morgan fingerprint density at radius 1 is 0.826 bits per heavy atom. The molecule has 1 aliphatic rings. The van der Waals surface area contributed by atoms with Gasteiger partial charge in [-0.3, -0.25) is 13.9 Å². The van der Waals surface area contributed by atoms with Gasteiger partial charge in [-0.2, -0.15) is 0 Å². The summed E-state index contributed by atoms with van der Waals surface area (Å²) in [5.74, 6) is -0.691. The van der Waals surface area contributed by atoms with Crippen molar-refractivity contribution in [3.8, 4) is 0 Å². The van der Waals surface area contributed by atoms with E-state index in [0.717, 1.165) is 57.6 Å². The van der Waals surface area contributed by atoms with Gasteiger partial charge in [-0.15, -0.1) is 0 Å². The molecule has 1 atom stereocenters. The van der Waals surface area contributed by atoms with E-state index < -0.39 is 28.5 Å². The maximum Gasteiger partial charge on any atom is 0.264 e. The number of aryl methyl sites for hydroxylation is 1. The smallest absolute Gasteiger partial charge is 0.264 e. The van der Waals surface area contributed by atoms with Crippen LogP contribution >= 0.6 is 15.9 Å². The molecule has 0 aromatic heterocycles. The van der Waals surface area contributed by atoms with Crippen molar-refractivity contribution in [2.75, 3.05) is 10.8 Å². The monoisotopic (exact) mass is 701 g/mol. The molecule has 0 aliphatic heterocycles. The van der Waals surface area contributed by atoms with Crippen LogP contribution in [-0.2, 0) is 32.6 Å². The van der Waals surface area contributed by atoms with E-state index in [1.807, 2.05) is 61.5 Å². The second kappa shape index (κ2) is 15.6. The van der Waals surface area contributed by atoms with Crippen molar-refractivity contribution in [1.82, 2.24) is 10.2 Å². The van der Waals surface area contributed by atoms with Crippen molar-refractivity contribution in [2.45, 2.75) is 69.0 Å². The molecule has 9 heteroatoms. The maximum atomic E-state index is 14.6. The Labute approximate surface area is 280 Å². The quantitative estimate of drug-likeness (QED) is 0.172. The van der Waals surface area contributed by atoms with Gasteiger partial charge in [0.2, 0.25) is 11.8 Å². The van der Waals surface area contributed by atoms with Crippen LogP contribution in [0.2, 0.25) is 0 Å². The van der Waals surface area contributed by atoms with Crippen LogP contribution in [-0.4, -0.2) is 43.8 Å². The Morgan fingerprint density at radius 3 is 2.09 bits per heavy atom. The molecular weight excluding hydrogens is 662 g/mol. The van der Waals surface area contributed by atoms with E-state index in [4.69, 9.17) is 0 Å². The van der Waals surface area contributed by atoms with Gasteiger partial charge in [-0.25, -0.2) is 8.42 Å². The summed E-state index contributed by atoms with van der Waals surface area (Å²) in [6.45, 7) is 1.65. The summed E-state index contributed by atoms with van der Waals surface area (Å²) in [6, 6.07) is 31.5. The summed E-state index contributed by atoms with van der Waals surface area (Å²) >= 11 is 3.43. The third-order valence-electron chi connectivity index (χ3n) is 8.55. The lowest BCUT2D eigenvalue weighted by Crippen LogP contribution is -2.55. The van der Waals surface area contributed by atoms with Crippen LogP contribution in [0.4, 0.5) is 5.69 Å². The van der Waals surface area contributed by atoms with Gasteiger partial charge in [0.05, 0.1) is 10.6 Å². The molecule has 4 aromatic carbocycles. The van der Waals surface area contributed by atoms with Crippen molar-refractivity contribution in [1.29, 1.82) is 0 Å². The molecule has 240 valence electrons. The number of hydrogen-bond donors (Lipinski definition) is 1. The van der Waals surface area contributed by atoms with Crippen molar-refractivity contribution < 1.29 is 18.0 Å². The average Bonchev–Trinajstić information content (AvgIpc) is 3.07. The number of halogens is 1. The first-order chi connectivity index (χ1) is 22.2. The molecule has 7 nitrogen and oxygen atoms in total. The molecule has 0 saturated heterocycles. The molecule has 5 rings (SSSR count). The second-order valence-corrected chi connectivity index (χ2v) is 14.6. The Balaban J connectivity index is 1.56. The SMILES string of the molecule is Cc1ccccc1CN(C(=O)CN(c1ccc(Br)cc1)S(=O)(=O)c1ccccc1)[C@H](Cc1ccccc1)C(=O)NC1CCCCC1. The third-order valence-corrected chi connectivity index (χ3v) is 10.9. The van der Waals surface area contributed by atoms with Crippen LogP contribution in [0.3, 0.4) is 0 Å². The fraction of sp³-hybridized carbons (Fsp3) is 0.297. The fourth-order valence-corrected chi connectivity index (χ4v) is 7.62. The Hall–Kier alpha value is -3.95. The summed E-state index contributed by atoms with van der Waals surface area (Å²) in [5, 5.41) is 3.25. The summed E-state index contributed by atoms with van der Waals surface area (Å²) in [4.78, 5) is 30.5. The second-order valence-electron chi connectivity index (χ2n) is 11.8. The largest absolute Gasteiger partial charge is 0.352 e. The summed E-state index contributed by atoms with van der Waals surface area (Å²) in [6.07, 6.45) is 5.37. The van der Waals surface area contributed by atoms with E-state index in [1.165, 1.54) is 12.1 Å². The number of nitrogens with zero attached hydrogens (tertiary/aromatic N) is 2. The lowest BCUT2D eigenvalue weighted by molar-refractivity contribution is -0.140. The molecule has 1 aliphatic carbocycles. The Bertz CT molecular complexity index is 1710. The Kier molecular flexibility index (Phi) is 11.3. The number of rotatable bonds is 12. The van der Waals surface area contributed by atoms with Crippen molar-refractivity contribution in [3.63, 3.8) is 0 Å². The number of carbonyl (C=O) groups excluding carboxylic acids is 2. The number of amides is 2. The zero-order valence-electron chi connectivity index (χ0n) is 26.0. The van der Waals surface area contributed by atoms with Gasteiger partial charge in [-0.05, 0) is 72.9 Å². The van der Waals surface area contributed by atoms with Crippen molar-refractivity contribution >= 4 is 43.5 Å². The molecule has 1 saturated carbocycles. The van der Waals surface area contributed by atoms with Crippen LogP contribution in [0.15, 0.2) is 119 Å². The summed E-state index contributed by atoms with van der Waals surface area (Å²) < 4.78 is 30.1. The highest BCUT2D eigenvalue weighted by atomic mass is 79.9. The molecule has 0 spiro atoms. The number of anilines is 1. The fourth-order valence-electron chi connectivity index (χ4n) is 5.93. The molecule has 1 fully saturated rings. The third kappa shape index (κ3) is 8.44. The molecule has 1 N–H and O–H groups in total. The van der Waals surface area contributed by atoms with Crippen molar-refractivity contribution in [2.24, 2.45) is 0 Å². The topological polar surface area (TPSA) is 86.8 Å². The van der Waals surface area contributed by atoms with Crippen LogP contribution in [0.1, 0.15) is 48.8 Å². The molecular formula is C37H40BrN3O4S. The van der Waals surface area contributed by atoms with Crippen LogP contribution in [0.5, 0.6) is 0 Å². The molecule has 4 aromatic rings. The average molecular weight is 703 g/mol. The molecule has 0 heterocycles. The molecule has 0 radical (unpaired) electrons. The highest BCUT2D eigenvalue weighted by Gasteiger charge is 2.35. The number of nitrogens with one attached hydrogen (secondary N) is 1. The van der Waals surface area contributed by atoms with Gasteiger partial charge < -0.3 is 10.2 Å². The van der Waals surface area contributed by atoms with E-state index in [2.05, 4.69) is 21.2 Å². The first-order valence-corrected chi connectivity index (χ1v) is 18.0. The van der Waals surface area contributed by atoms with E-state index >= 15 is 0 Å². The molecule has 0 bridgehead atoms. The standard InChI is InChI=1S/C37H40BrN3O4S/c1-28-13-11-12-16-30(28)26-40(35(25-29-14-5-2-6-15-29)37(43)39-32-17-7-3-8-18-32)36(42)27-41(33-23-21-31(38)22-24-33)46(44,45)34-19-9-4-10-20-34/h2,4-6,9-16,19-24,32,35H,3,7-8,17-18,25-27H2,1H3,(H,39,43)/t35-/m1/s1. The highest BCUT2D eigenvalue weighted by molar-refractivity contribution is 9.10. The number of benzene rings is 4. The van der Waals surface area contributed by atoms with Gasteiger partial charge >= 0.3 is 0 Å². The molecule has 46 heavy (non-hydrogen) atoms. The minimum Gasteiger partial charge on any atom is -0.352 e. The summed E-state index contributed by atoms with van der Waals surface area (Å²) in [7, 11) is -4.13. The minimum atomic E-state index is -4.13.